The van der Waals surface area contributed by atoms with Crippen molar-refractivity contribution in [2.24, 2.45) is 4.99 Å². The van der Waals surface area contributed by atoms with Crippen LogP contribution in [0, 0.1) is 6.92 Å². The lowest BCUT2D eigenvalue weighted by Crippen LogP contribution is -2.36. The van der Waals surface area contributed by atoms with Gasteiger partial charge in [-0.2, -0.15) is 0 Å². The molecule has 2 rings (SSSR count). The molecule has 0 spiro atoms. The van der Waals surface area contributed by atoms with E-state index in [1.165, 1.54) is 5.56 Å². The Morgan fingerprint density at radius 2 is 1.97 bits per heavy atom. The Balaban J connectivity index is 0.00000420. The molecule has 7 heteroatoms. The minimum absolute atomic E-state index is 0. The van der Waals surface area contributed by atoms with Crippen LogP contribution in [0.3, 0.4) is 0 Å². The van der Waals surface area contributed by atoms with E-state index in [2.05, 4.69) is 61.5 Å². The van der Waals surface area contributed by atoms with Crippen LogP contribution < -0.4 is 15.4 Å². The van der Waals surface area contributed by atoms with Crippen LogP contribution in [-0.2, 0) is 18.5 Å². The van der Waals surface area contributed by atoms with Gasteiger partial charge in [0.15, 0.2) is 5.96 Å². The maximum Gasteiger partial charge on any atom is 0.213 e. The van der Waals surface area contributed by atoms with Gasteiger partial charge in [0.05, 0.1) is 25.4 Å². The number of benzene rings is 1. The second-order valence-electron chi connectivity index (χ2n) is 8.19. The molecule has 1 heterocycles. The molecule has 0 saturated carbocycles. The van der Waals surface area contributed by atoms with Crippen LogP contribution in [0.25, 0.3) is 0 Å². The third-order valence-corrected chi connectivity index (χ3v) is 4.04. The molecule has 0 radical (unpaired) electrons. The van der Waals surface area contributed by atoms with Crippen LogP contribution in [0.5, 0.6) is 5.75 Å². The summed E-state index contributed by atoms with van der Waals surface area (Å²) in [5.74, 6) is 3.13. The second-order valence-corrected chi connectivity index (χ2v) is 8.19. The summed E-state index contributed by atoms with van der Waals surface area (Å²) in [5.41, 5.74) is 2.18. The number of halogens is 1. The fourth-order valence-electron chi connectivity index (χ4n) is 2.56. The molecule has 1 aromatic heterocycles. The molecule has 6 nitrogen and oxygen atoms in total. The van der Waals surface area contributed by atoms with Crippen molar-refractivity contribution in [3.63, 3.8) is 0 Å². The number of hydrogen-bond donors (Lipinski definition) is 2. The monoisotopic (exact) mass is 514 g/mol. The van der Waals surface area contributed by atoms with Crippen molar-refractivity contribution >= 4 is 29.9 Å². The number of aromatic nitrogens is 1. The molecule has 1 aromatic carbocycles. The molecular weight excluding hydrogens is 479 g/mol. The molecule has 0 unspecified atom stereocenters. The summed E-state index contributed by atoms with van der Waals surface area (Å²) >= 11 is 0. The van der Waals surface area contributed by atoms with Crippen molar-refractivity contribution in [1.82, 2.24) is 15.6 Å². The summed E-state index contributed by atoms with van der Waals surface area (Å²) in [6.45, 7) is 16.3. The molecular formula is C22H35IN4O2. The first-order valence-corrected chi connectivity index (χ1v) is 9.92. The Morgan fingerprint density at radius 1 is 1.24 bits per heavy atom. The predicted octanol–water partition coefficient (Wildman–Crippen LogP) is 4.94. The second kappa shape index (κ2) is 11.4. The zero-order chi connectivity index (χ0) is 20.7. The SMILES string of the molecule is CCNC(=NCc1ccc(C)cc1OC(C)C)NCc1ncc(C(C)(C)C)o1.I. The van der Waals surface area contributed by atoms with E-state index in [0.717, 1.165) is 23.6 Å². The largest absolute Gasteiger partial charge is 0.491 e. The smallest absolute Gasteiger partial charge is 0.213 e. The van der Waals surface area contributed by atoms with E-state index in [4.69, 9.17) is 14.1 Å². The molecule has 0 fully saturated rings. The minimum atomic E-state index is -0.0535. The first-order chi connectivity index (χ1) is 13.2. The highest BCUT2D eigenvalue weighted by Crippen LogP contribution is 2.23. The van der Waals surface area contributed by atoms with Gasteiger partial charge in [0.25, 0.3) is 0 Å². The van der Waals surface area contributed by atoms with Gasteiger partial charge in [0.2, 0.25) is 5.89 Å². The third kappa shape index (κ3) is 8.24. The highest BCUT2D eigenvalue weighted by Gasteiger charge is 2.19. The maximum atomic E-state index is 5.95. The van der Waals surface area contributed by atoms with Gasteiger partial charge in [-0.15, -0.1) is 24.0 Å². The van der Waals surface area contributed by atoms with E-state index in [-0.39, 0.29) is 35.5 Å². The van der Waals surface area contributed by atoms with Crippen LogP contribution in [-0.4, -0.2) is 23.6 Å². The van der Waals surface area contributed by atoms with Crippen LogP contribution in [0.2, 0.25) is 0 Å². The summed E-state index contributed by atoms with van der Waals surface area (Å²) in [6, 6.07) is 6.22. The van der Waals surface area contributed by atoms with Crippen molar-refractivity contribution < 1.29 is 9.15 Å². The van der Waals surface area contributed by atoms with Gasteiger partial charge in [-0.3, -0.25) is 0 Å². The average Bonchev–Trinajstić information content (AvgIpc) is 3.07. The van der Waals surface area contributed by atoms with E-state index in [1.54, 1.807) is 6.20 Å². The molecule has 0 aliphatic heterocycles. The van der Waals surface area contributed by atoms with Crippen LogP contribution in [0.1, 0.15) is 64.3 Å². The van der Waals surface area contributed by atoms with Gasteiger partial charge < -0.3 is 19.8 Å². The molecule has 0 bridgehead atoms. The number of oxazole rings is 1. The van der Waals surface area contributed by atoms with Crippen LogP contribution in [0.15, 0.2) is 33.8 Å². The van der Waals surface area contributed by atoms with Crippen molar-refractivity contribution in [3.8, 4) is 5.75 Å². The first-order valence-electron chi connectivity index (χ1n) is 9.92. The highest BCUT2D eigenvalue weighted by atomic mass is 127. The highest BCUT2D eigenvalue weighted by molar-refractivity contribution is 14.0. The van der Waals surface area contributed by atoms with Gasteiger partial charge in [-0.05, 0) is 39.3 Å². The summed E-state index contributed by atoms with van der Waals surface area (Å²) in [4.78, 5) is 9.05. The molecule has 0 amide bonds. The topological polar surface area (TPSA) is 71.7 Å². The molecule has 0 aliphatic carbocycles. The Morgan fingerprint density at radius 3 is 2.55 bits per heavy atom. The number of guanidine groups is 1. The molecule has 2 aromatic rings. The lowest BCUT2D eigenvalue weighted by Gasteiger charge is -2.15. The van der Waals surface area contributed by atoms with Gasteiger partial charge in [0, 0.05) is 17.5 Å². The molecule has 0 aliphatic rings. The van der Waals surface area contributed by atoms with Crippen molar-refractivity contribution in [3.05, 3.63) is 47.2 Å². The fourth-order valence-corrected chi connectivity index (χ4v) is 2.56. The molecule has 29 heavy (non-hydrogen) atoms. The summed E-state index contributed by atoms with van der Waals surface area (Å²) in [5, 5.41) is 6.55. The predicted molar refractivity (Wildman–Crippen MR) is 129 cm³/mol. The molecule has 0 atom stereocenters. The molecule has 2 N–H and O–H groups in total. The Kier molecular flexibility index (Phi) is 9.95. The standard InChI is InChI=1S/C22H34N4O2.HI/c1-8-23-21(26-14-20-24-13-19(28-20)22(5,6)7)25-12-17-10-9-16(4)11-18(17)27-15(2)3;/h9-11,13,15H,8,12,14H2,1-7H3,(H2,23,25,26);1H. The van der Waals surface area contributed by atoms with Crippen LogP contribution in [0.4, 0.5) is 0 Å². The summed E-state index contributed by atoms with van der Waals surface area (Å²) in [6.07, 6.45) is 1.92. The van der Waals surface area contributed by atoms with E-state index in [9.17, 15) is 0 Å². The van der Waals surface area contributed by atoms with Crippen molar-refractivity contribution in [2.75, 3.05) is 6.54 Å². The summed E-state index contributed by atoms with van der Waals surface area (Å²) < 4.78 is 11.8. The van der Waals surface area contributed by atoms with Gasteiger partial charge >= 0.3 is 0 Å². The lowest BCUT2D eigenvalue weighted by molar-refractivity contribution is 0.240. The maximum absolute atomic E-state index is 5.95. The lowest BCUT2D eigenvalue weighted by atomic mass is 9.94. The number of ether oxygens (including phenoxy) is 1. The van der Waals surface area contributed by atoms with E-state index >= 15 is 0 Å². The normalized spacial score (nSPS) is 11.9. The van der Waals surface area contributed by atoms with Crippen LogP contribution >= 0.6 is 24.0 Å². The average molecular weight is 514 g/mol. The number of aryl methyl sites for hydroxylation is 1. The van der Waals surface area contributed by atoms with Gasteiger partial charge in [-0.1, -0.05) is 32.9 Å². The van der Waals surface area contributed by atoms with E-state index in [0.29, 0.717) is 24.9 Å². The Labute approximate surface area is 191 Å². The first kappa shape index (κ1) is 25.3. The zero-order valence-corrected chi connectivity index (χ0v) is 21.0. The Hall–Kier alpha value is -1.77. The van der Waals surface area contributed by atoms with Crippen molar-refractivity contribution in [1.29, 1.82) is 0 Å². The minimum Gasteiger partial charge on any atom is -0.491 e. The quantitative estimate of drug-likeness (QED) is 0.311. The third-order valence-electron chi connectivity index (χ3n) is 4.04. The summed E-state index contributed by atoms with van der Waals surface area (Å²) in [7, 11) is 0. The van der Waals surface area contributed by atoms with E-state index < -0.39 is 0 Å². The van der Waals surface area contributed by atoms with Gasteiger partial charge in [0.1, 0.15) is 11.5 Å². The van der Waals surface area contributed by atoms with Crippen molar-refractivity contribution in [2.45, 2.75) is 73.1 Å². The Bertz CT molecular complexity index is 794. The number of rotatable bonds is 7. The van der Waals surface area contributed by atoms with Gasteiger partial charge in [-0.25, -0.2) is 9.98 Å². The number of nitrogens with zero attached hydrogens (tertiary/aromatic N) is 2. The fraction of sp³-hybridized carbons (Fsp3) is 0.545. The molecule has 0 saturated heterocycles. The number of hydrogen-bond acceptors (Lipinski definition) is 4. The number of nitrogens with one attached hydrogen (secondary N) is 2. The molecule has 162 valence electrons. The van der Waals surface area contributed by atoms with E-state index in [1.807, 2.05) is 20.8 Å². The zero-order valence-electron chi connectivity index (χ0n) is 18.6. The number of aliphatic imine (C=N–C) groups is 1.